The lowest BCUT2D eigenvalue weighted by Gasteiger charge is -2.20. The zero-order valence-electron chi connectivity index (χ0n) is 12.3. The van der Waals surface area contributed by atoms with Gasteiger partial charge in [0, 0.05) is 12.0 Å². The van der Waals surface area contributed by atoms with Crippen LogP contribution in [0.25, 0.3) is 0 Å². The van der Waals surface area contributed by atoms with Gasteiger partial charge in [0.2, 0.25) is 10.0 Å². The lowest BCUT2D eigenvalue weighted by molar-refractivity contribution is -0.385. The highest BCUT2D eigenvalue weighted by molar-refractivity contribution is 7.89. The fraction of sp³-hybridized carbons (Fsp3) is 0.538. The van der Waals surface area contributed by atoms with Crippen LogP contribution in [0.1, 0.15) is 19.4 Å². The van der Waals surface area contributed by atoms with Crippen molar-refractivity contribution in [2.24, 2.45) is 17.0 Å². The average molecular weight is 316 g/mol. The number of nitrogens with two attached hydrogens (primary N) is 1. The van der Waals surface area contributed by atoms with Gasteiger partial charge in [-0.15, -0.1) is 0 Å². The van der Waals surface area contributed by atoms with Gasteiger partial charge >= 0.3 is 5.69 Å². The molecule has 0 aliphatic heterocycles. The Morgan fingerprint density at radius 1 is 1.38 bits per heavy atom. The van der Waals surface area contributed by atoms with E-state index in [2.05, 4.69) is 0 Å². The summed E-state index contributed by atoms with van der Waals surface area (Å²) in [4.78, 5) is 10.4. The maximum Gasteiger partial charge on any atom is 0.310 e. The number of rotatable bonds is 7. The Morgan fingerprint density at radius 2 is 2.00 bits per heavy atom. The molecule has 0 fully saturated rings. The van der Waals surface area contributed by atoms with Gasteiger partial charge in [-0.3, -0.25) is 10.1 Å². The van der Waals surface area contributed by atoms with Gasteiger partial charge in [-0.2, -0.15) is 0 Å². The maximum absolute atomic E-state index is 11.2. The molecule has 1 atom stereocenters. The monoisotopic (exact) mass is 316 g/mol. The van der Waals surface area contributed by atoms with Crippen LogP contribution in [0.3, 0.4) is 0 Å². The number of nitro groups is 1. The van der Waals surface area contributed by atoms with Crippen LogP contribution in [-0.2, 0) is 10.0 Å². The van der Waals surface area contributed by atoms with E-state index in [4.69, 9.17) is 9.88 Å². The molecule has 0 saturated heterocycles. The van der Waals surface area contributed by atoms with Crippen LogP contribution < -0.4 is 9.88 Å². The molecule has 0 aliphatic rings. The molecule has 1 rings (SSSR count). The average Bonchev–Trinajstić information content (AvgIpc) is 2.32. The zero-order chi connectivity index (χ0) is 16.2. The van der Waals surface area contributed by atoms with Gasteiger partial charge in [-0.05, 0) is 24.5 Å². The highest BCUT2D eigenvalue weighted by Crippen LogP contribution is 2.28. The van der Waals surface area contributed by atoms with Gasteiger partial charge in [-0.25, -0.2) is 13.6 Å². The van der Waals surface area contributed by atoms with Crippen molar-refractivity contribution in [2.45, 2.75) is 20.8 Å². The Morgan fingerprint density at radius 3 is 2.48 bits per heavy atom. The molecule has 21 heavy (non-hydrogen) atoms. The number of nitrogens with zero attached hydrogens (tertiary/aromatic N) is 1. The van der Waals surface area contributed by atoms with Crippen LogP contribution in [-0.4, -0.2) is 25.7 Å². The summed E-state index contributed by atoms with van der Waals surface area (Å²) in [5.74, 6) is -0.392. The molecule has 0 heterocycles. The van der Waals surface area contributed by atoms with Crippen molar-refractivity contribution >= 4 is 15.7 Å². The molecule has 1 unspecified atom stereocenters. The van der Waals surface area contributed by atoms with Gasteiger partial charge in [0.15, 0.2) is 5.75 Å². The molecule has 7 nitrogen and oxygen atoms in total. The summed E-state index contributed by atoms with van der Waals surface area (Å²) in [5.41, 5.74) is 0.682. The second kappa shape index (κ2) is 6.86. The molecule has 0 radical (unpaired) electrons. The van der Waals surface area contributed by atoms with Crippen LogP contribution in [0.4, 0.5) is 5.69 Å². The number of hydrogen-bond acceptors (Lipinski definition) is 5. The van der Waals surface area contributed by atoms with Gasteiger partial charge in [0.25, 0.3) is 0 Å². The lowest BCUT2D eigenvalue weighted by Crippen LogP contribution is -2.30. The van der Waals surface area contributed by atoms with Crippen molar-refractivity contribution in [3.05, 3.63) is 33.9 Å². The van der Waals surface area contributed by atoms with E-state index in [0.29, 0.717) is 0 Å². The van der Waals surface area contributed by atoms with Crippen LogP contribution in [0.5, 0.6) is 5.75 Å². The van der Waals surface area contributed by atoms with E-state index < -0.39 is 14.9 Å². The molecular formula is C13H20N2O5S. The summed E-state index contributed by atoms with van der Waals surface area (Å²) in [6.45, 7) is 5.55. The molecule has 1 aromatic rings. The normalized spacial score (nSPS) is 13.2. The molecule has 0 aliphatic carbocycles. The quantitative estimate of drug-likeness (QED) is 0.609. The minimum Gasteiger partial charge on any atom is -0.486 e. The smallest absolute Gasteiger partial charge is 0.310 e. The second-order valence-corrected chi connectivity index (χ2v) is 7.03. The van der Waals surface area contributed by atoms with Crippen LogP contribution in [0.15, 0.2) is 18.2 Å². The third kappa shape index (κ3) is 5.68. The topological polar surface area (TPSA) is 113 Å². The summed E-state index contributed by atoms with van der Waals surface area (Å²) in [5, 5.41) is 16.0. The molecule has 0 saturated carbocycles. The van der Waals surface area contributed by atoms with Crippen molar-refractivity contribution in [3.63, 3.8) is 0 Å². The molecule has 1 aromatic carbocycles. The van der Waals surface area contributed by atoms with Crippen molar-refractivity contribution in [1.82, 2.24) is 0 Å². The number of aryl methyl sites for hydroxylation is 1. The second-order valence-electron chi connectivity index (χ2n) is 5.37. The number of ether oxygens (including phenoxy) is 1. The van der Waals surface area contributed by atoms with Gasteiger partial charge in [-0.1, -0.05) is 19.9 Å². The molecule has 118 valence electrons. The summed E-state index contributed by atoms with van der Waals surface area (Å²) in [7, 11) is -3.62. The van der Waals surface area contributed by atoms with Crippen LogP contribution >= 0.6 is 0 Å². The first kappa shape index (κ1) is 17.4. The first-order valence-electron chi connectivity index (χ1n) is 6.48. The molecule has 0 amide bonds. The minimum absolute atomic E-state index is 0.0205. The van der Waals surface area contributed by atoms with E-state index in [1.54, 1.807) is 19.1 Å². The molecule has 0 bridgehead atoms. The molecule has 0 aromatic heterocycles. The highest BCUT2D eigenvalue weighted by atomic mass is 32.2. The fourth-order valence-corrected chi connectivity index (χ4v) is 2.89. The first-order valence-corrected chi connectivity index (χ1v) is 8.20. The van der Waals surface area contributed by atoms with Crippen molar-refractivity contribution in [1.29, 1.82) is 0 Å². The van der Waals surface area contributed by atoms with Crippen molar-refractivity contribution in [2.75, 3.05) is 12.4 Å². The van der Waals surface area contributed by atoms with E-state index in [-0.39, 0.29) is 35.6 Å². The number of benzene rings is 1. The highest BCUT2D eigenvalue weighted by Gasteiger charge is 2.22. The van der Waals surface area contributed by atoms with Crippen LogP contribution in [0, 0.1) is 28.9 Å². The van der Waals surface area contributed by atoms with Crippen molar-refractivity contribution < 1.29 is 18.1 Å². The third-order valence-corrected chi connectivity index (χ3v) is 4.05. The predicted molar refractivity (Wildman–Crippen MR) is 79.6 cm³/mol. The Balaban J connectivity index is 2.90. The third-order valence-electron chi connectivity index (χ3n) is 3.15. The van der Waals surface area contributed by atoms with Crippen LogP contribution in [0.2, 0.25) is 0 Å². The summed E-state index contributed by atoms with van der Waals surface area (Å²) in [6, 6.07) is 4.55. The minimum atomic E-state index is -3.62. The number of sulfonamides is 1. The van der Waals surface area contributed by atoms with E-state index in [9.17, 15) is 18.5 Å². The Hall–Kier alpha value is -1.67. The molecule has 2 N–H and O–H groups in total. The first-order chi connectivity index (χ1) is 9.60. The summed E-state index contributed by atoms with van der Waals surface area (Å²) < 4.78 is 27.9. The van der Waals surface area contributed by atoms with E-state index in [1.807, 2.05) is 13.8 Å². The number of nitro benzene ring substituents is 1. The standard InChI is InChI=1S/C13H20N2O5S/c1-9(2)11(8-21(14,18)19)7-20-13-6-10(3)4-5-12(13)15(16)17/h4-6,9,11H,7-8H2,1-3H3,(H2,14,18,19). The van der Waals surface area contributed by atoms with E-state index in [1.165, 1.54) is 6.07 Å². The van der Waals surface area contributed by atoms with Gasteiger partial charge < -0.3 is 4.74 Å². The van der Waals surface area contributed by atoms with Crippen molar-refractivity contribution in [3.8, 4) is 5.75 Å². The molecular weight excluding hydrogens is 296 g/mol. The number of hydrogen-bond donors (Lipinski definition) is 1. The molecule has 8 heteroatoms. The van der Waals surface area contributed by atoms with E-state index in [0.717, 1.165) is 5.56 Å². The predicted octanol–water partition coefficient (Wildman–Crippen LogP) is 1.84. The Kier molecular flexibility index (Phi) is 5.68. The maximum atomic E-state index is 11.2. The Bertz CT molecular complexity index is 613. The molecule has 0 spiro atoms. The zero-order valence-corrected chi connectivity index (χ0v) is 13.1. The largest absolute Gasteiger partial charge is 0.486 e. The summed E-state index contributed by atoms with van der Waals surface area (Å²) in [6.07, 6.45) is 0. The van der Waals surface area contributed by atoms with E-state index >= 15 is 0 Å². The van der Waals surface area contributed by atoms with Gasteiger partial charge in [0.05, 0.1) is 17.3 Å². The lowest BCUT2D eigenvalue weighted by atomic mass is 9.99. The van der Waals surface area contributed by atoms with Gasteiger partial charge in [0.1, 0.15) is 0 Å². The Labute approximate surface area is 124 Å². The number of primary sulfonamides is 1. The SMILES string of the molecule is Cc1ccc([N+](=O)[O-])c(OCC(CS(N)(=O)=O)C(C)C)c1. The summed E-state index contributed by atoms with van der Waals surface area (Å²) >= 11 is 0. The fourth-order valence-electron chi connectivity index (χ4n) is 1.82.